The minimum atomic E-state index is -0.537. The van der Waals surface area contributed by atoms with Crippen molar-refractivity contribution >= 4 is 28.2 Å². The van der Waals surface area contributed by atoms with E-state index in [1.165, 1.54) is 6.07 Å². The van der Waals surface area contributed by atoms with Crippen LogP contribution in [0, 0.1) is 17.1 Å². The summed E-state index contributed by atoms with van der Waals surface area (Å²) < 4.78 is 13.5. The molecule has 0 fully saturated rings. The number of aromatic nitrogens is 1. The van der Waals surface area contributed by atoms with Gasteiger partial charge in [0.2, 0.25) is 0 Å². The van der Waals surface area contributed by atoms with Gasteiger partial charge in [-0.2, -0.15) is 5.26 Å². The molecule has 0 saturated carbocycles. The molecule has 2 N–H and O–H groups in total. The number of hydrogen-bond donors (Lipinski definition) is 2. The molecule has 5 heteroatoms. The van der Waals surface area contributed by atoms with Crippen molar-refractivity contribution < 1.29 is 4.39 Å². The average Bonchev–Trinajstić information content (AvgIpc) is 2.82. The van der Waals surface area contributed by atoms with Crippen molar-refractivity contribution in [2.24, 2.45) is 0 Å². The molecule has 21 heavy (non-hydrogen) atoms. The van der Waals surface area contributed by atoms with E-state index in [0.29, 0.717) is 17.3 Å². The first-order valence-electron chi connectivity index (χ1n) is 6.38. The molecule has 3 rings (SSSR count). The van der Waals surface area contributed by atoms with Crippen molar-refractivity contribution in [3.05, 3.63) is 64.6 Å². The van der Waals surface area contributed by atoms with Crippen LogP contribution >= 0.6 is 11.6 Å². The second-order valence-electron chi connectivity index (χ2n) is 4.59. The highest BCUT2D eigenvalue weighted by Gasteiger charge is 2.11. The summed E-state index contributed by atoms with van der Waals surface area (Å²) in [5.74, 6) is -0.537. The number of rotatable bonds is 3. The number of H-pyrrole nitrogens is 1. The quantitative estimate of drug-likeness (QED) is 0.751. The van der Waals surface area contributed by atoms with Crippen LogP contribution in [0.3, 0.4) is 0 Å². The highest BCUT2D eigenvalue weighted by atomic mass is 35.5. The standard InChI is InChI=1S/C16H11ClFN3/c17-16-10-4-1-2-6-14(10)21-15(16)9-20-13-7-3-5-12(18)11(13)8-19/h1-7,20-21H,9H2. The Morgan fingerprint density at radius 3 is 2.76 bits per heavy atom. The number of nitriles is 1. The lowest BCUT2D eigenvalue weighted by Gasteiger charge is -2.08. The zero-order valence-electron chi connectivity index (χ0n) is 11.0. The lowest BCUT2D eigenvalue weighted by atomic mass is 10.2. The van der Waals surface area contributed by atoms with Gasteiger partial charge in [0.25, 0.3) is 0 Å². The first-order valence-corrected chi connectivity index (χ1v) is 6.76. The van der Waals surface area contributed by atoms with Crippen LogP contribution in [0.4, 0.5) is 10.1 Å². The molecule has 0 amide bonds. The van der Waals surface area contributed by atoms with Gasteiger partial charge in [0.1, 0.15) is 17.4 Å². The van der Waals surface area contributed by atoms with Gasteiger partial charge in [-0.3, -0.25) is 0 Å². The molecule has 104 valence electrons. The molecule has 0 unspecified atom stereocenters. The maximum atomic E-state index is 13.5. The Balaban J connectivity index is 1.89. The van der Waals surface area contributed by atoms with Crippen LogP contribution in [-0.4, -0.2) is 4.98 Å². The van der Waals surface area contributed by atoms with Gasteiger partial charge >= 0.3 is 0 Å². The number of fused-ring (bicyclic) bond motifs is 1. The van der Waals surface area contributed by atoms with Gasteiger partial charge in [-0.05, 0) is 18.2 Å². The third-order valence-corrected chi connectivity index (χ3v) is 3.73. The number of anilines is 1. The van der Waals surface area contributed by atoms with Crippen molar-refractivity contribution in [3.8, 4) is 6.07 Å². The van der Waals surface area contributed by atoms with Crippen molar-refractivity contribution in [2.75, 3.05) is 5.32 Å². The van der Waals surface area contributed by atoms with E-state index in [1.807, 2.05) is 30.3 Å². The third kappa shape index (κ3) is 2.44. The molecular weight excluding hydrogens is 289 g/mol. The molecule has 0 atom stereocenters. The average molecular weight is 300 g/mol. The van der Waals surface area contributed by atoms with Crippen LogP contribution < -0.4 is 5.32 Å². The molecule has 1 heterocycles. The molecular formula is C16H11ClFN3. The monoisotopic (exact) mass is 299 g/mol. The predicted octanol–water partition coefficient (Wildman–Crippen LogP) is 4.44. The Morgan fingerprint density at radius 2 is 2.00 bits per heavy atom. The van der Waals surface area contributed by atoms with E-state index in [1.54, 1.807) is 12.1 Å². The fourth-order valence-corrected chi connectivity index (χ4v) is 2.53. The van der Waals surface area contributed by atoms with E-state index in [0.717, 1.165) is 16.6 Å². The first-order chi connectivity index (χ1) is 10.2. The molecule has 0 saturated heterocycles. The SMILES string of the molecule is N#Cc1c(F)cccc1NCc1[nH]c2ccccc2c1Cl. The van der Waals surface area contributed by atoms with Crippen molar-refractivity contribution in [3.63, 3.8) is 0 Å². The lowest BCUT2D eigenvalue weighted by Crippen LogP contribution is -2.03. The number of hydrogen-bond acceptors (Lipinski definition) is 2. The summed E-state index contributed by atoms with van der Waals surface area (Å²) in [4.78, 5) is 3.22. The van der Waals surface area contributed by atoms with E-state index in [2.05, 4.69) is 10.3 Å². The van der Waals surface area contributed by atoms with Gasteiger partial charge in [-0.1, -0.05) is 35.9 Å². The summed E-state index contributed by atoms with van der Waals surface area (Å²) in [5.41, 5.74) is 2.20. The van der Waals surface area contributed by atoms with E-state index < -0.39 is 5.82 Å². The number of nitrogens with zero attached hydrogens (tertiary/aromatic N) is 1. The minimum absolute atomic E-state index is 0.00438. The van der Waals surface area contributed by atoms with Crippen LogP contribution in [0.2, 0.25) is 5.02 Å². The summed E-state index contributed by atoms with van der Waals surface area (Å²) in [5, 5.41) is 13.6. The topological polar surface area (TPSA) is 51.6 Å². The summed E-state index contributed by atoms with van der Waals surface area (Å²) >= 11 is 6.32. The predicted molar refractivity (Wildman–Crippen MR) is 81.8 cm³/mol. The maximum Gasteiger partial charge on any atom is 0.143 e. The molecule has 0 aliphatic heterocycles. The van der Waals surface area contributed by atoms with Crippen LogP contribution in [0.15, 0.2) is 42.5 Å². The van der Waals surface area contributed by atoms with E-state index in [4.69, 9.17) is 16.9 Å². The molecule has 3 aromatic rings. The Labute approximate surface area is 126 Å². The second-order valence-corrected chi connectivity index (χ2v) is 4.97. The van der Waals surface area contributed by atoms with Gasteiger partial charge < -0.3 is 10.3 Å². The van der Waals surface area contributed by atoms with Crippen LogP contribution in [0.5, 0.6) is 0 Å². The van der Waals surface area contributed by atoms with Crippen molar-refractivity contribution in [1.82, 2.24) is 4.98 Å². The Morgan fingerprint density at radius 1 is 1.19 bits per heavy atom. The van der Waals surface area contributed by atoms with E-state index >= 15 is 0 Å². The van der Waals surface area contributed by atoms with Gasteiger partial charge in [-0.15, -0.1) is 0 Å². The molecule has 1 aromatic heterocycles. The zero-order valence-corrected chi connectivity index (χ0v) is 11.7. The fourth-order valence-electron chi connectivity index (χ4n) is 2.25. The molecule has 0 aliphatic carbocycles. The number of benzene rings is 2. The Hall–Kier alpha value is -2.51. The van der Waals surface area contributed by atoms with Crippen LogP contribution in [-0.2, 0) is 6.54 Å². The summed E-state index contributed by atoms with van der Waals surface area (Å²) in [6, 6.07) is 14.1. The van der Waals surface area contributed by atoms with Crippen LogP contribution in [0.1, 0.15) is 11.3 Å². The van der Waals surface area contributed by atoms with E-state index in [-0.39, 0.29) is 5.56 Å². The van der Waals surface area contributed by atoms with Crippen LogP contribution in [0.25, 0.3) is 10.9 Å². The van der Waals surface area contributed by atoms with Gasteiger partial charge in [0.15, 0.2) is 0 Å². The molecule has 0 bridgehead atoms. The molecule has 3 nitrogen and oxygen atoms in total. The number of nitrogens with one attached hydrogen (secondary N) is 2. The smallest absolute Gasteiger partial charge is 0.143 e. The lowest BCUT2D eigenvalue weighted by molar-refractivity contribution is 0.624. The fraction of sp³-hybridized carbons (Fsp3) is 0.0625. The molecule has 0 aliphatic rings. The normalized spacial score (nSPS) is 10.5. The molecule has 2 aromatic carbocycles. The number of halogens is 2. The van der Waals surface area contributed by atoms with Crippen molar-refractivity contribution in [2.45, 2.75) is 6.54 Å². The largest absolute Gasteiger partial charge is 0.378 e. The first kappa shape index (κ1) is 13.5. The van der Waals surface area contributed by atoms with E-state index in [9.17, 15) is 4.39 Å². The maximum absolute atomic E-state index is 13.5. The number of para-hydroxylation sites is 1. The van der Waals surface area contributed by atoms with Crippen molar-refractivity contribution in [1.29, 1.82) is 5.26 Å². The summed E-state index contributed by atoms with van der Waals surface area (Å²) in [6.07, 6.45) is 0. The zero-order chi connectivity index (χ0) is 14.8. The highest BCUT2D eigenvalue weighted by Crippen LogP contribution is 2.28. The third-order valence-electron chi connectivity index (χ3n) is 3.30. The van der Waals surface area contributed by atoms with Gasteiger partial charge in [0.05, 0.1) is 22.9 Å². The summed E-state index contributed by atoms with van der Waals surface area (Å²) in [6.45, 7) is 0.381. The molecule has 0 radical (unpaired) electrons. The van der Waals surface area contributed by atoms with Gasteiger partial charge in [0, 0.05) is 10.9 Å². The summed E-state index contributed by atoms with van der Waals surface area (Å²) in [7, 11) is 0. The number of aromatic amines is 1. The molecule has 0 spiro atoms. The Bertz CT molecular complexity index is 848. The van der Waals surface area contributed by atoms with Gasteiger partial charge in [-0.25, -0.2) is 4.39 Å². The second kappa shape index (κ2) is 5.47. The Kier molecular flexibility index (Phi) is 3.51. The minimum Gasteiger partial charge on any atom is -0.378 e. The highest BCUT2D eigenvalue weighted by molar-refractivity contribution is 6.36.